The number of rotatable bonds is 6. The van der Waals surface area contributed by atoms with E-state index in [1.54, 1.807) is 13.8 Å². The van der Waals surface area contributed by atoms with E-state index in [1.165, 1.54) is 10.4 Å². The summed E-state index contributed by atoms with van der Waals surface area (Å²) in [4.78, 5) is -0.941. The first kappa shape index (κ1) is 21.9. The minimum absolute atomic E-state index is 0.186. The monoisotopic (exact) mass is 430 g/mol. The summed E-state index contributed by atoms with van der Waals surface area (Å²) >= 11 is 0. The lowest BCUT2D eigenvalue weighted by molar-refractivity contribution is -0.0441. The summed E-state index contributed by atoms with van der Waals surface area (Å²) in [6.07, 6.45) is -0.539. The van der Waals surface area contributed by atoms with E-state index in [2.05, 4.69) is 5.32 Å². The van der Waals surface area contributed by atoms with Crippen LogP contribution in [0, 0.1) is 0 Å². The number of benzene rings is 1. The maximum absolute atomic E-state index is 12.8. The Hall–Kier alpha value is -1.37. The largest absolute Gasteiger partial charge is 0.501 e. The van der Waals surface area contributed by atoms with Crippen molar-refractivity contribution in [2.45, 2.75) is 36.5 Å². The highest BCUT2D eigenvalue weighted by Crippen LogP contribution is 2.34. The number of ether oxygens (including phenoxy) is 1. The lowest BCUT2D eigenvalue weighted by atomic mass is 10.3. The minimum atomic E-state index is -5.55. The predicted molar refractivity (Wildman–Crippen MR) is 93.5 cm³/mol. The number of nitrogens with one attached hydrogen (secondary N) is 1. The molecule has 1 aliphatic heterocycles. The van der Waals surface area contributed by atoms with Crippen molar-refractivity contribution in [3.8, 4) is 0 Å². The van der Waals surface area contributed by atoms with Crippen molar-refractivity contribution in [3.05, 3.63) is 24.3 Å². The molecule has 2 rings (SSSR count). The Morgan fingerprint density at radius 1 is 1.11 bits per heavy atom. The first-order valence-corrected chi connectivity index (χ1v) is 11.2. The molecule has 0 aromatic heterocycles. The average Bonchev–Trinajstić information content (AvgIpc) is 2.53. The van der Waals surface area contributed by atoms with Gasteiger partial charge in [-0.25, -0.2) is 16.8 Å². The van der Waals surface area contributed by atoms with Gasteiger partial charge in [-0.2, -0.15) is 17.5 Å². The fourth-order valence-electron chi connectivity index (χ4n) is 2.77. The van der Waals surface area contributed by atoms with Crippen molar-refractivity contribution < 1.29 is 34.7 Å². The Morgan fingerprint density at radius 2 is 1.67 bits per heavy atom. The number of hydrogen-bond donors (Lipinski definition) is 1. The maximum atomic E-state index is 12.8. The molecule has 1 aromatic carbocycles. The number of sulfonamides is 1. The number of anilines is 1. The molecule has 1 heterocycles. The Balaban J connectivity index is 2.10. The van der Waals surface area contributed by atoms with Crippen molar-refractivity contribution in [1.82, 2.24) is 4.31 Å². The van der Waals surface area contributed by atoms with Crippen LogP contribution in [0.15, 0.2) is 29.2 Å². The van der Waals surface area contributed by atoms with Crippen molar-refractivity contribution >= 4 is 25.5 Å². The lowest BCUT2D eigenvalue weighted by Crippen LogP contribution is -2.49. The van der Waals surface area contributed by atoms with Crippen LogP contribution in [0.4, 0.5) is 18.9 Å². The highest BCUT2D eigenvalue weighted by Gasteiger charge is 2.47. The average molecular weight is 430 g/mol. The van der Waals surface area contributed by atoms with Gasteiger partial charge in [0.2, 0.25) is 10.0 Å². The Bertz CT molecular complexity index is 862. The second kappa shape index (κ2) is 7.94. The second-order valence-corrected chi connectivity index (χ2v) is 10.3. The Morgan fingerprint density at radius 3 is 2.22 bits per heavy atom. The number of alkyl halides is 3. The molecule has 7 nitrogen and oxygen atoms in total. The van der Waals surface area contributed by atoms with Crippen LogP contribution < -0.4 is 5.32 Å². The molecule has 2 unspecified atom stereocenters. The molecule has 0 amide bonds. The summed E-state index contributed by atoms with van der Waals surface area (Å²) < 4.78 is 93.3. The zero-order valence-electron chi connectivity index (χ0n) is 14.7. The van der Waals surface area contributed by atoms with E-state index >= 15 is 0 Å². The standard InChI is InChI=1S/C15H21F3N2O5S2/c1-11-9-20(10-12(2)25-11)26(21,22)8-7-19-13-5-3-4-6-14(13)27(23,24)15(16,17)18/h3-6,11-12,19H,7-10H2,1-2H3. The van der Waals surface area contributed by atoms with Gasteiger partial charge in [0.05, 0.1) is 28.5 Å². The van der Waals surface area contributed by atoms with Crippen LogP contribution in [0.5, 0.6) is 0 Å². The molecule has 0 saturated carbocycles. The van der Waals surface area contributed by atoms with Gasteiger partial charge in [-0.05, 0) is 26.0 Å². The molecule has 2 atom stereocenters. The highest BCUT2D eigenvalue weighted by molar-refractivity contribution is 7.92. The van der Waals surface area contributed by atoms with Gasteiger partial charge in [-0.1, -0.05) is 12.1 Å². The predicted octanol–water partition coefficient (Wildman–Crippen LogP) is 1.83. The molecule has 154 valence electrons. The number of para-hydroxylation sites is 1. The van der Waals surface area contributed by atoms with E-state index in [0.29, 0.717) is 0 Å². The normalized spacial score (nSPS) is 22.6. The van der Waals surface area contributed by atoms with Crippen LogP contribution in [-0.4, -0.2) is 64.2 Å². The molecule has 0 spiro atoms. The molecule has 1 saturated heterocycles. The second-order valence-electron chi connectivity index (χ2n) is 6.26. The lowest BCUT2D eigenvalue weighted by Gasteiger charge is -2.34. The molecule has 1 aromatic rings. The molecule has 12 heteroatoms. The minimum Gasteiger partial charge on any atom is -0.383 e. The quantitative estimate of drug-likeness (QED) is 0.740. The number of nitrogens with zero attached hydrogens (tertiary/aromatic N) is 1. The van der Waals surface area contributed by atoms with Gasteiger partial charge < -0.3 is 10.1 Å². The third-order valence-electron chi connectivity index (χ3n) is 3.94. The zero-order valence-corrected chi connectivity index (χ0v) is 16.4. The first-order chi connectivity index (χ1) is 12.3. The number of morpholine rings is 1. The summed E-state index contributed by atoms with van der Waals surface area (Å²) in [5.74, 6) is -0.396. The summed E-state index contributed by atoms with van der Waals surface area (Å²) in [5, 5.41) is 2.49. The summed E-state index contributed by atoms with van der Waals surface area (Å²) in [6, 6.07) is 4.50. The van der Waals surface area contributed by atoms with E-state index in [1.807, 2.05) is 0 Å². The van der Waals surface area contributed by atoms with Gasteiger partial charge in [-0.15, -0.1) is 0 Å². The Kier molecular flexibility index (Phi) is 6.44. The third kappa shape index (κ3) is 5.12. The third-order valence-corrected chi connectivity index (χ3v) is 7.29. The van der Waals surface area contributed by atoms with Gasteiger partial charge in [0, 0.05) is 19.6 Å². The molecular weight excluding hydrogens is 409 g/mol. The molecule has 0 radical (unpaired) electrons. The van der Waals surface area contributed by atoms with Gasteiger partial charge in [0.25, 0.3) is 9.84 Å². The van der Waals surface area contributed by atoms with Crippen LogP contribution in [0.3, 0.4) is 0 Å². The van der Waals surface area contributed by atoms with E-state index < -0.39 is 36.0 Å². The topological polar surface area (TPSA) is 92.8 Å². The van der Waals surface area contributed by atoms with Crippen LogP contribution in [0.2, 0.25) is 0 Å². The van der Waals surface area contributed by atoms with E-state index in [9.17, 15) is 30.0 Å². The smallest absolute Gasteiger partial charge is 0.383 e. The van der Waals surface area contributed by atoms with Crippen LogP contribution in [-0.2, 0) is 24.6 Å². The number of sulfone groups is 1. The van der Waals surface area contributed by atoms with Crippen molar-refractivity contribution in [1.29, 1.82) is 0 Å². The molecule has 27 heavy (non-hydrogen) atoms. The SMILES string of the molecule is CC1CN(S(=O)(=O)CCNc2ccccc2S(=O)(=O)C(F)(F)F)CC(C)O1. The molecule has 1 N–H and O–H groups in total. The van der Waals surface area contributed by atoms with Gasteiger partial charge in [0.15, 0.2) is 0 Å². The van der Waals surface area contributed by atoms with Crippen LogP contribution in [0.1, 0.15) is 13.8 Å². The van der Waals surface area contributed by atoms with Gasteiger partial charge in [-0.3, -0.25) is 0 Å². The van der Waals surface area contributed by atoms with E-state index in [0.717, 1.165) is 18.2 Å². The first-order valence-electron chi connectivity index (χ1n) is 8.12. The fraction of sp³-hybridized carbons (Fsp3) is 0.600. The van der Waals surface area contributed by atoms with E-state index in [4.69, 9.17) is 4.74 Å². The molecule has 0 aliphatic carbocycles. The highest BCUT2D eigenvalue weighted by atomic mass is 32.2. The van der Waals surface area contributed by atoms with Crippen molar-refractivity contribution in [2.24, 2.45) is 0 Å². The Labute approximate surface area is 156 Å². The van der Waals surface area contributed by atoms with Gasteiger partial charge in [0.1, 0.15) is 0 Å². The van der Waals surface area contributed by atoms with Crippen molar-refractivity contribution in [3.63, 3.8) is 0 Å². The zero-order chi connectivity index (χ0) is 20.5. The van der Waals surface area contributed by atoms with Crippen molar-refractivity contribution in [2.75, 3.05) is 30.7 Å². The summed E-state index contributed by atoms with van der Waals surface area (Å²) in [6.45, 7) is 3.62. The van der Waals surface area contributed by atoms with Crippen LogP contribution in [0.25, 0.3) is 0 Å². The molecule has 1 aliphatic rings. The summed E-state index contributed by atoms with van der Waals surface area (Å²) in [7, 11) is -9.22. The van der Waals surface area contributed by atoms with Gasteiger partial charge >= 0.3 is 5.51 Å². The molecular formula is C15H21F3N2O5S2. The molecule has 0 bridgehead atoms. The van der Waals surface area contributed by atoms with E-state index in [-0.39, 0.29) is 37.5 Å². The maximum Gasteiger partial charge on any atom is 0.501 e. The van der Waals surface area contributed by atoms with Crippen LogP contribution >= 0.6 is 0 Å². The molecule has 1 fully saturated rings. The summed E-state index contributed by atoms with van der Waals surface area (Å²) in [5.41, 5.74) is -5.74. The fourth-order valence-corrected chi connectivity index (χ4v) is 5.20. The number of halogens is 3. The number of hydrogen-bond acceptors (Lipinski definition) is 6.